The fraction of sp³-hybridized carbons (Fsp3) is 0.333. The number of carbonyl (C=O) groups is 2. The highest BCUT2D eigenvalue weighted by Gasteiger charge is 1.98. The van der Waals surface area contributed by atoms with Gasteiger partial charge in [0.15, 0.2) is 5.78 Å². The van der Waals surface area contributed by atoms with Crippen LogP contribution >= 0.6 is 11.8 Å². The number of carbonyl (C=O) groups excluding carboxylic acids is 2. The van der Waals surface area contributed by atoms with E-state index in [1.54, 1.807) is 36.0 Å². The quantitative estimate of drug-likeness (QED) is 0.661. The Balaban J connectivity index is 2.41. The summed E-state index contributed by atoms with van der Waals surface area (Å²) in [5, 5.41) is 2.74. The molecule has 0 unspecified atom stereocenters. The molecule has 0 bridgehead atoms. The lowest BCUT2D eigenvalue weighted by Crippen LogP contribution is -2.23. The first-order valence-electron chi connectivity index (χ1n) is 5.99. The fourth-order valence-electron chi connectivity index (χ4n) is 1.36. The Morgan fingerprint density at radius 2 is 1.95 bits per heavy atom. The summed E-state index contributed by atoms with van der Waals surface area (Å²) in [6.45, 7) is 1.88. The minimum atomic E-state index is 0.0237. The molecule has 19 heavy (non-hydrogen) atoms. The van der Waals surface area contributed by atoms with Crippen LogP contribution in [0.15, 0.2) is 24.3 Å². The highest BCUT2D eigenvalue weighted by Crippen LogP contribution is 2.03. The Morgan fingerprint density at radius 3 is 2.53 bits per heavy atom. The molecule has 0 saturated heterocycles. The second-order valence-corrected chi connectivity index (χ2v) is 4.94. The van der Waals surface area contributed by atoms with Gasteiger partial charge in [-0.25, -0.2) is 0 Å². The molecule has 0 aliphatic rings. The molecule has 0 spiro atoms. The van der Waals surface area contributed by atoms with Crippen molar-refractivity contribution in [1.29, 1.82) is 0 Å². The smallest absolute Gasteiger partial charge is 0.221 e. The number of benzene rings is 1. The van der Waals surface area contributed by atoms with Crippen LogP contribution in [-0.4, -0.2) is 30.2 Å². The van der Waals surface area contributed by atoms with Crippen molar-refractivity contribution in [3.05, 3.63) is 35.4 Å². The molecular formula is C15H17NO2S. The summed E-state index contributed by atoms with van der Waals surface area (Å²) in [5.41, 5.74) is 1.51. The maximum absolute atomic E-state index is 11.3. The van der Waals surface area contributed by atoms with Crippen molar-refractivity contribution in [3.8, 4) is 11.8 Å². The molecular weight excluding hydrogens is 258 g/mol. The molecule has 0 aromatic heterocycles. The first-order valence-corrected chi connectivity index (χ1v) is 7.38. The number of rotatable bonds is 5. The van der Waals surface area contributed by atoms with Gasteiger partial charge in [0.1, 0.15) is 0 Å². The zero-order valence-corrected chi connectivity index (χ0v) is 12.0. The van der Waals surface area contributed by atoms with E-state index >= 15 is 0 Å². The van der Waals surface area contributed by atoms with E-state index in [0.29, 0.717) is 18.5 Å². The van der Waals surface area contributed by atoms with E-state index in [4.69, 9.17) is 0 Å². The highest BCUT2D eigenvalue weighted by atomic mass is 32.2. The van der Waals surface area contributed by atoms with Crippen molar-refractivity contribution in [2.24, 2.45) is 0 Å². The molecule has 1 amide bonds. The van der Waals surface area contributed by atoms with E-state index in [1.165, 1.54) is 6.92 Å². The number of Topliss-reactive ketones (excluding diaryl/α,β-unsaturated/α-hetero) is 1. The average Bonchev–Trinajstić information content (AvgIpc) is 2.41. The van der Waals surface area contributed by atoms with E-state index in [0.717, 1.165) is 11.3 Å². The van der Waals surface area contributed by atoms with Crippen molar-refractivity contribution in [1.82, 2.24) is 5.32 Å². The standard InChI is InChI=1S/C15H17NO2S/c1-12(17)14-7-5-13(6-8-14)4-3-10-16-15(18)9-11-19-2/h5-8H,9-11H2,1-2H3,(H,16,18). The van der Waals surface area contributed by atoms with Crippen LogP contribution in [0.2, 0.25) is 0 Å². The van der Waals surface area contributed by atoms with Crippen LogP contribution in [0.3, 0.4) is 0 Å². The maximum Gasteiger partial charge on any atom is 0.221 e. The van der Waals surface area contributed by atoms with E-state index in [9.17, 15) is 9.59 Å². The van der Waals surface area contributed by atoms with Crippen molar-refractivity contribution in [2.45, 2.75) is 13.3 Å². The van der Waals surface area contributed by atoms with Gasteiger partial charge in [0.2, 0.25) is 5.91 Å². The van der Waals surface area contributed by atoms with Crippen molar-refractivity contribution in [2.75, 3.05) is 18.6 Å². The van der Waals surface area contributed by atoms with Gasteiger partial charge in [0, 0.05) is 23.3 Å². The molecule has 4 heteroatoms. The van der Waals surface area contributed by atoms with E-state index < -0.39 is 0 Å². The zero-order valence-electron chi connectivity index (χ0n) is 11.2. The topological polar surface area (TPSA) is 46.2 Å². The number of nitrogens with one attached hydrogen (secondary N) is 1. The number of thioether (sulfide) groups is 1. The summed E-state index contributed by atoms with van der Waals surface area (Å²) in [5.74, 6) is 6.72. The molecule has 0 fully saturated rings. The molecule has 0 radical (unpaired) electrons. The Labute approximate surface area is 118 Å². The molecule has 0 heterocycles. The predicted octanol–water partition coefficient (Wildman–Crippen LogP) is 2.11. The number of ketones is 1. The Kier molecular flexibility index (Phi) is 6.76. The maximum atomic E-state index is 11.3. The van der Waals surface area contributed by atoms with Gasteiger partial charge in [0.25, 0.3) is 0 Å². The SMILES string of the molecule is CSCCC(=O)NCC#Cc1ccc(C(C)=O)cc1. The van der Waals surface area contributed by atoms with Crippen molar-refractivity contribution < 1.29 is 9.59 Å². The molecule has 3 nitrogen and oxygen atoms in total. The molecule has 100 valence electrons. The predicted molar refractivity (Wildman–Crippen MR) is 79.3 cm³/mol. The summed E-state index contributed by atoms with van der Waals surface area (Å²) in [6, 6.07) is 7.12. The van der Waals surface area contributed by atoms with Gasteiger partial charge >= 0.3 is 0 Å². The van der Waals surface area contributed by atoms with Gasteiger partial charge in [-0.2, -0.15) is 11.8 Å². The normalized spacial score (nSPS) is 9.37. The molecule has 0 saturated carbocycles. The summed E-state index contributed by atoms with van der Waals surface area (Å²) < 4.78 is 0. The molecule has 0 atom stereocenters. The third-order valence-electron chi connectivity index (χ3n) is 2.43. The molecule has 0 aliphatic carbocycles. The first kappa shape index (κ1) is 15.3. The number of amides is 1. The second-order valence-electron chi connectivity index (χ2n) is 3.95. The molecule has 1 aromatic carbocycles. The molecule has 1 N–H and O–H groups in total. The summed E-state index contributed by atoms with van der Waals surface area (Å²) >= 11 is 1.65. The highest BCUT2D eigenvalue weighted by molar-refractivity contribution is 7.98. The minimum absolute atomic E-state index is 0.0237. The van der Waals surface area contributed by atoms with Gasteiger partial charge < -0.3 is 5.32 Å². The van der Waals surface area contributed by atoms with E-state index in [-0.39, 0.29) is 11.7 Å². The summed E-state index contributed by atoms with van der Waals surface area (Å²) in [6.07, 6.45) is 2.49. The van der Waals surface area contributed by atoms with Crippen LogP contribution in [0.1, 0.15) is 29.3 Å². The first-order chi connectivity index (χ1) is 9.13. The van der Waals surface area contributed by atoms with Crippen LogP contribution in [-0.2, 0) is 4.79 Å². The van der Waals surface area contributed by atoms with Gasteiger partial charge in [-0.05, 0) is 25.3 Å². The Hall–Kier alpha value is -1.73. The van der Waals surface area contributed by atoms with Gasteiger partial charge in [-0.1, -0.05) is 24.0 Å². The lowest BCUT2D eigenvalue weighted by Gasteiger charge is -1.98. The van der Waals surface area contributed by atoms with Crippen LogP contribution in [0.4, 0.5) is 0 Å². The fourth-order valence-corrected chi connectivity index (χ4v) is 1.75. The minimum Gasteiger partial charge on any atom is -0.345 e. The Morgan fingerprint density at radius 1 is 1.26 bits per heavy atom. The third kappa shape index (κ3) is 6.12. The lowest BCUT2D eigenvalue weighted by molar-refractivity contribution is -0.120. The number of hydrogen-bond acceptors (Lipinski definition) is 3. The average molecular weight is 275 g/mol. The lowest BCUT2D eigenvalue weighted by atomic mass is 10.1. The monoisotopic (exact) mass is 275 g/mol. The summed E-state index contributed by atoms with van der Waals surface area (Å²) in [4.78, 5) is 22.4. The van der Waals surface area contributed by atoms with E-state index in [1.807, 2.05) is 6.26 Å². The van der Waals surface area contributed by atoms with Gasteiger partial charge in [-0.15, -0.1) is 0 Å². The van der Waals surface area contributed by atoms with Crippen LogP contribution in [0.25, 0.3) is 0 Å². The van der Waals surface area contributed by atoms with Crippen LogP contribution in [0.5, 0.6) is 0 Å². The summed E-state index contributed by atoms with van der Waals surface area (Å²) in [7, 11) is 0. The zero-order chi connectivity index (χ0) is 14.1. The molecule has 1 rings (SSSR count). The molecule has 0 aliphatic heterocycles. The third-order valence-corrected chi connectivity index (χ3v) is 3.04. The molecule has 1 aromatic rings. The van der Waals surface area contributed by atoms with E-state index in [2.05, 4.69) is 17.2 Å². The van der Waals surface area contributed by atoms with Crippen molar-refractivity contribution in [3.63, 3.8) is 0 Å². The number of hydrogen-bond donors (Lipinski definition) is 1. The second kappa shape index (κ2) is 8.39. The largest absolute Gasteiger partial charge is 0.345 e. The van der Waals surface area contributed by atoms with Crippen molar-refractivity contribution >= 4 is 23.5 Å². The van der Waals surface area contributed by atoms with Crippen LogP contribution in [0, 0.1) is 11.8 Å². The van der Waals surface area contributed by atoms with Gasteiger partial charge in [-0.3, -0.25) is 9.59 Å². The van der Waals surface area contributed by atoms with Gasteiger partial charge in [0.05, 0.1) is 6.54 Å². The Bertz CT molecular complexity index is 497. The van der Waals surface area contributed by atoms with Crippen LogP contribution < -0.4 is 5.32 Å².